The van der Waals surface area contributed by atoms with Gasteiger partial charge in [-0.2, -0.15) is 0 Å². The molecule has 0 aromatic heterocycles. The van der Waals surface area contributed by atoms with E-state index in [1.807, 2.05) is 42.5 Å². The highest BCUT2D eigenvalue weighted by molar-refractivity contribution is 7.90. The van der Waals surface area contributed by atoms with Gasteiger partial charge < -0.3 is 14.7 Å². The van der Waals surface area contributed by atoms with Crippen LogP contribution in [0.1, 0.15) is 11.1 Å². The highest BCUT2D eigenvalue weighted by atomic mass is 32.2. The van der Waals surface area contributed by atoms with E-state index >= 15 is 0 Å². The SMILES string of the molecule is CNC(=O)/C(=N\OC)c1ccccc1C[S+]([O-])c1ccccc1. The summed E-state index contributed by atoms with van der Waals surface area (Å²) in [6.07, 6.45) is 0. The number of hydrogen-bond acceptors (Lipinski definition) is 4. The molecule has 0 aliphatic carbocycles. The van der Waals surface area contributed by atoms with E-state index in [2.05, 4.69) is 10.5 Å². The Morgan fingerprint density at radius 1 is 1.17 bits per heavy atom. The van der Waals surface area contributed by atoms with Crippen LogP contribution in [0.3, 0.4) is 0 Å². The summed E-state index contributed by atoms with van der Waals surface area (Å²) in [7, 11) is 2.91. The predicted molar refractivity (Wildman–Crippen MR) is 90.6 cm³/mol. The number of rotatable bonds is 6. The number of nitrogens with one attached hydrogen (secondary N) is 1. The van der Waals surface area contributed by atoms with E-state index < -0.39 is 11.2 Å². The van der Waals surface area contributed by atoms with Crippen LogP contribution in [0, 0.1) is 0 Å². The molecule has 0 aliphatic rings. The molecule has 0 heterocycles. The van der Waals surface area contributed by atoms with Crippen molar-refractivity contribution >= 4 is 22.8 Å². The number of amides is 1. The Bertz CT molecular complexity index is 689. The fourth-order valence-corrected chi connectivity index (χ4v) is 3.26. The molecule has 1 unspecified atom stereocenters. The molecule has 0 saturated carbocycles. The number of carbonyl (C=O) groups is 1. The standard InChI is InChI=1S/C17H18N2O3S/c1-18-17(20)16(19-22-2)15-11-7-6-8-13(15)12-23(21)14-9-4-3-5-10-14/h3-11H,12H2,1-2H3,(H,18,20)/b19-16-. The Morgan fingerprint density at radius 2 is 1.83 bits per heavy atom. The second-order valence-electron chi connectivity index (χ2n) is 4.66. The first-order valence-electron chi connectivity index (χ1n) is 7.02. The van der Waals surface area contributed by atoms with Crippen molar-refractivity contribution in [2.24, 2.45) is 5.16 Å². The average molecular weight is 330 g/mol. The van der Waals surface area contributed by atoms with E-state index in [4.69, 9.17) is 4.84 Å². The van der Waals surface area contributed by atoms with Crippen LogP contribution in [0.25, 0.3) is 0 Å². The van der Waals surface area contributed by atoms with Crippen molar-refractivity contribution in [3.8, 4) is 0 Å². The zero-order chi connectivity index (χ0) is 16.7. The van der Waals surface area contributed by atoms with Gasteiger partial charge in [0.25, 0.3) is 5.91 Å². The quantitative estimate of drug-likeness (QED) is 0.501. The van der Waals surface area contributed by atoms with Crippen molar-refractivity contribution in [2.75, 3.05) is 14.2 Å². The van der Waals surface area contributed by atoms with Crippen molar-refractivity contribution in [1.29, 1.82) is 0 Å². The molecule has 0 fully saturated rings. The van der Waals surface area contributed by atoms with Crippen LogP contribution in [0.5, 0.6) is 0 Å². The summed E-state index contributed by atoms with van der Waals surface area (Å²) < 4.78 is 12.5. The van der Waals surface area contributed by atoms with Crippen molar-refractivity contribution in [3.05, 3.63) is 65.7 Å². The summed E-state index contributed by atoms with van der Waals surface area (Å²) >= 11 is -1.21. The predicted octanol–water partition coefficient (Wildman–Crippen LogP) is 2.09. The lowest BCUT2D eigenvalue weighted by Crippen LogP contribution is -2.29. The lowest BCUT2D eigenvalue weighted by molar-refractivity contribution is -0.114. The highest BCUT2D eigenvalue weighted by Crippen LogP contribution is 2.19. The minimum Gasteiger partial charge on any atom is -0.611 e. The Balaban J connectivity index is 2.33. The number of nitrogens with zero attached hydrogens (tertiary/aromatic N) is 1. The monoisotopic (exact) mass is 330 g/mol. The Morgan fingerprint density at radius 3 is 2.48 bits per heavy atom. The Hall–Kier alpha value is -2.31. The smallest absolute Gasteiger partial charge is 0.273 e. The van der Waals surface area contributed by atoms with Gasteiger partial charge in [0, 0.05) is 18.2 Å². The number of benzene rings is 2. The van der Waals surface area contributed by atoms with Crippen LogP contribution in [-0.4, -0.2) is 30.3 Å². The molecular formula is C17H18N2O3S. The first-order chi connectivity index (χ1) is 11.2. The van der Waals surface area contributed by atoms with Gasteiger partial charge in [0.2, 0.25) is 0 Å². The third kappa shape index (κ3) is 4.34. The summed E-state index contributed by atoms with van der Waals surface area (Å²) in [6.45, 7) is 0. The molecule has 23 heavy (non-hydrogen) atoms. The van der Waals surface area contributed by atoms with Gasteiger partial charge in [0.15, 0.2) is 10.6 Å². The Labute approximate surface area is 138 Å². The molecule has 1 N–H and O–H groups in total. The van der Waals surface area contributed by atoms with Crippen molar-refractivity contribution in [2.45, 2.75) is 10.6 Å². The molecule has 120 valence electrons. The highest BCUT2D eigenvalue weighted by Gasteiger charge is 2.20. The molecule has 1 amide bonds. The Kier molecular flexibility index (Phi) is 6.19. The maximum Gasteiger partial charge on any atom is 0.273 e. The maximum atomic E-state index is 12.5. The maximum absolute atomic E-state index is 12.5. The molecule has 2 aromatic rings. The average Bonchev–Trinajstić information content (AvgIpc) is 2.60. The van der Waals surface area contributed by atoms with E-state index in [0.717, 1.165) is 10.5 Å². The lowest BCUT2D eigenvalue weighted by Gasteiger charge is -2.14. The molecule has 0 saturated heterocycles. The topological polar surface area (TPSA) is 73.8 Å². The van der Waals surface area contributed by atoms with Gasteiger partial charge in [-0.15, -0.1) is 0 Å². The second kappa shape index (κ2) is 8.36. The van der Waals surface area contributed by atoms with E-state index in [1.165, 1.54) is 14.2 Å². The molecule has 0 bridgehead atoms. The number of carbonyl (C=O) groups excluding carboxylic acids is 1. The van der Waals surface area contributed by atoms with E-state index in [-0.39, 0.29) is 11.6 Å². The van der Waals surface area contributed by atoms with Gasteiger partial charge in [-0.05, 0) is 23.3 Å². The van der Waals surface area contributed by atoms with Crippen LogP contribution < -0.4 is 5.32 Å². The molecule has 0 spiro atoms. The molecule has 2 rings (SSSR count). The first kappa shape index (κ1) is 17.1. The summed E-state index contributed by atoms with van der Waals surface area (Å²) in [6, 6.07) is 16.5. The molecule has 2 aromatic carbocycles. The minimum absolute atomic E-state index is 0.163. The molecule has 0 radical (unpaired) electrons. The first-order valence-corrected chi connectivity index (χ1v) is 8.34. The second-order valence-corrected chi connectivity index (χ2v) is 6.11. The van der Waals surface area contributed by atoms with Crippen molar-refractivity contribution in [3.63, 3.8) is 0 Å². The molecular weight excluding hydrogens is 312 g/mol. The zero-order valence-electron chi connectivity index (χ0n) is 13.0. The van der Waals surface area contributed by atoms with Gasteiger partial charge in [-0.25, -0.2) is 0 Å². The van der Waals surface area contributed by atoms with Gasteiger partial charge in [0.1, 0.15) is 12.9 Å². The summed E-state index contributed by atoms with van der Waals surface area (Å²) in [5.74, 6) is -0.0651. The number of hydrogen-bond donors (Lipinski definition) is 1. The van der Waals surface area contributed by atoms with Gasteiger partial charge in [-0.1, -0.05) is 47.6 Å². The van der Waals surface area contributed by atoms with Gasteiger partial charge in [-0.3, -0.25) is 4.79 Å². The molecule has 0 aliphatic heterocycles. The van der Waals surface area contributed by atoms with Crippen LogP contribution >= 0.6 is 0 Å². The van der Waals surface area contributed by atoms with Crippen LogP contribution in [0.2, 0.25) is 0 Å². The van der Waals surface area contributed by atoms with Crippen molar-refractivity contribution in [1.82, 2.24) is 5.32 Å². The van der Waals surface area contributed by atoms with Crippen LogP contribution in [0.4, 0.5) is 0 Å². The van der Waals surface area contributed by atoms with E-state index in [0.29, 0.717) is 11.3 Å². The largest absolute Gasteiger partial charge is 0.611 e. The zero-order valence-corrected chi connectivity index (χ0v) is 13.8. The van der Waals surface area contributed by atoms with Gasteiger partial charge >= 0.3 is 0 Å². The molecule has 5 nitrogen and oxygen atoms in total. The van der Waals surface area contributed by atoms with E-state index in [1.54, 1.807) is 12.1 Å². The van der Waals surface area contributed by atoms with Crippen LogP contribution in [-0.2, 0) is 26.6 Å². The summed E-state index contributed by atoms with van der Waals surface area (Å²) in [5, 5.41) is 6.35. The van der Waals surface area contributed by atoms with Crippen LogP contribution in [0.15, 0.2) is 64.6 Å². The third-order valence-corrected chi connectivity index (χ3v) is 4.56. The summed E-state index contributed by atoms with van der Waals surface area (Å²) in [4.78, 5) is 17.5. The van der Waals surface area contributed by atoms with Crippen molar-refractivity contribution < 1.29 is 14.2 Å². The number of likely N-dealkylation sites (N-methyl/N-ethyl adjacent to an activating group) is 1. The molecule has 1 atom stereocenters. The third-order valence-electron chi connectivity index (χ3n) is 3.19. The normalized spacial score (nSPS) is 12.6. The fourth-order valence-electron chi connectivity index (χ4n) is 2.10. The minimum atomic E-state index is -1.21. The lowest BCUT2D eigenvalue weighted by atomic mass is 10.0. The summed E-state index contributed by atoms with van der Waals surface area (Å²) in [5.41, 5.74) is 1.54. The van der Waals surface area contributed by atoms with E-state index in [9.17, 15) is 9.35 Å². The number of oxime groups is 1. The fraction of sp³-hybridized carbons (Fsp3) is 0.176. The van der Waals surface area contributed by atoms with Gasteiger partial charge in [0.05, 0.1) is 0 Å². The molecule has 6 heteroatoms.